The zero-order valence-corrected chi connectivity index (χ0v) is 12.9. The molecule has 2 rings (SSSR count). The van der Waals surface area contributed by atoms with Crippen molar-refractivity contribution in [2.45, 2.75) is 0 Å². The van der Waals surface area contributed by atoms with E-state index in [0.29, 0.717) is 15.7 Å². The Morgan fingerprint density at radius 3 is 2.33 bits per heavy atom. The summed E-state index contributed by atoms with van der Waals surface area (Å²) in [7, 11) is 0. The van der Waals surface area contributed by atoms with Crippen LogP contribution in [-0.2, 0) is 0 Å². The van der Waals surface area contributed by atoms with Crippen LogP contribution in [0.25, 0.3) is 0 Å². The van der Waals surface area contributed by atoms with Gasteiger partial charge in [0.2, 0.25) is 0 Å². The number of carbonyl (C=O) groups is 1. The van der Waals surface area contributed by atoms with Gasteiger partial charge in [-0.25, -0.2) is 8.78 Å². The van der Waals surface area contributed by atoms with Gasteiger partial charge in [0.25, 0.3) is 5.91 Å². The maximum Gasteiger partial charge on any atom is 0.261 e. The third-order valence-corrected chi connectivity index (χ3v) is 3.58. The third kappa shape index (κ3) is 3.43. The standard InChI is InChI=1S/C14H9BrF2N2OS/c15-8-6-7(13(18)21)4-5-11(8)19-14(20)12-9(16)2-1-3-10(12)17/h1-6H,(H2,18,21)(H,19,20). The Labute approximate surface area is 133 Å². The van der Waals surface area contributed by atoms with Crippen LogP contribution in [0.2, 0.25) is 0 Å². The predicted octanol–water partition coefficient (Wildman–Crippen LogP) is 3.61. The van der Waals surface area contributed by atoms with Gasteiger partial charge in [-0.2, -0.15) is 0 Å². The smallest absolute Gasteiger partial charge is 0.261 e. The SMILES string of the molecule is NC(=S)c1ccc(NC(=O)c2c(F)cccc2F)c(Br)c1. The highest BCUT2D eigenvalue weighted by atomic mass is 79.9. The van der Waals surface area contributed by atoms with E-state index in [-0.39, 0.29) is 4.99 Å². The second-order valence-corrected chi connectivity index (χ2v) is 5.40. The van der Waals surface area contributed by atoms with Gasteiger partial charge in [0.15, 0.2) is 0 Å². The molecule has 0 aliphatic rings. The average molecular weight is 371 g/mol. The number of amides is 1. The van der Waals surface area contributed by atoms with Crippen molar-refractivity contribution in [3.8, 4) is 0 Å². The fraction of sp³-hybridized carbons (Fsp3) is 0. The number of thiocarbonyl (C=S) groups is 1. The number of hydrogen-bond donors (Lipinski definition) is 2. The van der Waals surface area contributed by atoms with Gasteiger partial charge in [-0.1, -0.05) is 18.3 Å². The maximum absolute atomic E-state index is 13.5. The minimum absolute atomic E-state index is 0.203. The topological polar surface area (TPSA) is 55.1 Å². The van der Waals surface area contributed by atoms with Gasteiger partial charge in [-0.3, -0.25) is 4.79 Å². The molecule has 3 nitrogen and oxygen atoms in total. The molecule has 7 heteroatoms. The van der Waals surface area contributed by atoms with Crippen molar-refractivity contribution in [1.29, 1.82) is 0 Å². The normalized spacial score (nSPS) is 10.2. The molecule has 0 saturated carbocycles. The van der Waals surface area contributed by atoms with Gasteiger partial charge in [0.1, 0.15) is 22.2 Å². The Bertz CT molecular complexity index is 717. The summed E-state index contributed by atoms with van der Waals surface area (Å²) < 4.78 is 27.6. The molecule has 0 saturated heterocycles. The fourth-order valence-corrected chi connectivity index (χ4v) is 2.27. The van der Waals surface area contributed by atoms with Crippen molar-refractivity contribution < 1.29 is 13.6 Å². The molecule has 0 bridgehead atoms. The van der Waals surface area contributed by atoms with Crippen LogP contribution in [0.15, 0.2) is 40.9 Å². The van der Waals surface area contributed by atoms with E-state index in [9.17, 15) is 13.6 Å². The number of benzene rings is 2. The summed E-state index contributed by atoms with van der Waals surface area (Å²) in [5, 5.41) is 2.42. The second kappa shape index (κ2) is 6.28. The Hall–Kier alpha value is -1.86. The molecule has 0 atom stereocenters. The first-order valence-corrected chi connectivity index (χ1v) is 6.95. The van der Waals surface area contributed by atoms with Gasteiger partial charge >= 0.3 is 0 Å². The van der Waals surface area contributed by atoms with Gasteiger partial charge < -0.3 is 11.1 Å². The van der Waals surface area contributed by atoms with E-state index in [1.54, 1.807) is 12.1 Å². The Kier molecular flexibility index (Phi) is 4.64. The molecule has 0 aromatic heterocycles. The minimum Gasteiger partial charge on any atom is -0.389 e. The molecule has 0 unspecified atom stereocenters. The predicted molar refractivity (Wildman–Crippen MR) is 84.3 cm³/mol. The molecule has 0 aliphatic heterocycles. The number of carbonyl (C=O) groups excluding carboxylic acids is 1. The lowest BCUT2D eigenvalue weighted by molar-refractivity contribution is 0.101. The van der Waals surface area contributed by atoms with Crippen molar-refractivity contribution >= 4 is 44.7 Å². The molecular formula is C14H9BrF2N2OS. The number of nitrogens with two attached hydrogens (primary N) is 1. The quantitative estimate of drug-likeness (QED) is 0.811. The third-order valence-electron chi connectivity index (χ3n) is 2.69. The number of anilines is 1. The van der Waals surface area contributed by atoms with Crippen LogP contribution >= 0.6 is 28.1 Å². The van der Waals surface area contributed by atoms with E-state index >= 15 is 0 Å². The number of rotatable bonds is 3. The van der Waals surface area contributed by atoms with Crippen LogP contribution in [0.4, 0.5) is 14.5 Å². The molecule has 108 valence electrons. The first kappa shape index (κ1) is 15.5. The lowest BCUT2D eigenvalue weighted by Crippen LogP contribution is -2.16. The highest BCUT2D eigenvalue weighted by Crippen LogP contribution is 2.25. The van der Waals surface area contributed by atoms with E-state index in [1.165, 1.54) is 12.1 Å². The van der Waals surface area contributed by atoms with Crippen LogP contribution in [0.3, 0.4) is 0 Å². The number of halogens is 3. The largest absolute Gasteiger partial charge is 0.389 e. The highest BCUT2D eigenvalue weighted by molar-refractivity contribution is 9.10. The summed E-state index contributed by atoms with van der Waals surface area (Å²) >= 11 is 8.07. The summed E-state index contributed by atoms with van der Waals surface area (Å²) in [4.78, 5) is 12.2. The summed E-state index contributed by atoms with van der Waals surface area (Å²) in [5.41, 5.74) is 5.81. The average Bonchev–Trinajstić information content (AvgIpc) is 2.40. The molecule has 1 amide bonds. The number of hydrogen-bond acceptors (Lipinski definition) is 2. The van der Waals surface area contributed by atoms with Crippen molar-refractivity contribution in [3.05, 3.63) is 63.6 Å². The van der Waals surface area contributed by atoms with Gasteiger partial charge in [-0.05, 0) is 46.3 Å². The van der Waals surface area contributed by atoms with E-state index in [0.717, 1.165) is 12.1 Å². The zero-order valence-electron chi connectivity index (χ0n) is 10.5. The molecule has 0 fully saturated rings. The van der Waals surface area contributed by atoms with E-state index in [1.807, 2.05) is 0 Å². The lowest BCUT2D eigenvalue weighted by Gasteiger charge is -2.10. The van der Waals surface area contributed by atoms with Crippen LogP contribution in [-0.4, -0.2) is 10.9 Å². The van der Waals surface area contributed by atoms with Gasteiger partial charge in [0.05, 0.1) is 5.69 Å². The number of nitrogens with one attached hydrogen (secondary N) is 1. The van der Waals surface area contributed by atoms with E-state index in [4.69, 9.17) is 18.0 Å². The summed E-state index contributed by atoms with van der Waals surface area (Å²) in [6.07, 6.45) is 0. The molecule has 0 heterocycles. The summed E-state index contributed by atoms with van der Waals surface area (Å²) in [6.45, 7) is 0. The lowest BCUT2D eigenvalue weighted by atomic mass is 10.1. The highest BCUT2D eigenvalue weighted by Gasteiger charge is 2.18. The molecule has 0 aliphatic carbocycles. The molecular weight excluding hydrogens is 362 g/mol. The Morgan fingerprint density at radius 2 is 1.81 bits per heavy atom. The second-order valence-electron chi connectivity index (χ2n) is 4.11. The van der Waals surface area contributed by atoms with Crippen molar-refractivity contribution in [2.24, 2.45) is 5.73 Å². The van der Waals surface area contributed by atoms with Crippen LogP contribution in [0, 0.1) is 11.6 Å². The Balaban J connectivity index is 2.30. The van der Waals surface area contributed by atoms with E-state index in [2.05, 4.69) is 21.2 Å². The zero-order chi connectivity index (χ0) is 15.6. The molecule has 3 N–H and O–H groups in total. The first-order chi connectivity index (χ1) is 9.90. The summed E-state index contributed by atoms with van der Waals surface area (Å²) in [6, 6.07) is 7.96. The van der Waals surface area contributed by atoms with Crippen molar-refractivity contribution in [1.82, 2.24) is 0 Å². The maximum atomic E-state index is 13.5. The molecule has 2 aromatic carbocycles. The van der Waals surface area contributed by atoms with Crippen molar-refractivity contribution in [3.63, 3.8) is 0 Å². The first-order valence-electron chi connectivity index (χ1n) is 5.75. The minimum atomic E-state index is -0.927. The van der Waals surface area contributed by atoms with Gasteiger partial charge in [0, 0.05) is 10.0 Å². The van der Waals surface area contributed by atoms with Gasteiger partial charge in [-0.15, -0.1) is 0 Å². The van der Waals surface area contributed by atoms with E-state index < -0.39 is 23.1 Å². The molecule has 0 radical (unpaired) electrons. The monoisotopic (exact) mass is 370 g/mol. The van der Waals surface area contributed by atoms with Crippen LogP contribution in [0.1, 0.15) is 15.9 Å². The summed E-state index contributed by atoms with van der Waals surface area (Å²) in [5.74, 6) is -2.74. The molecule has 21 heavy (non-hydrogen) atoms. The van der Waals surface area contributed by atoms with Crippen LogP contribution < -0.4 is 11.1 Å². The van der Waals surface area contributed by atoms with Crippen molar-refractivity contribution in [2.75, 3.05) is 5.32 Å². The Morgan fingerprint density at radius 1 is 1.19 bits per heavy atom. The fourth-order valence-electron chi connectivity index (χ4n) is 1.67. The molecule has 0 spiro atoms. The molecule has 2 aromatic rings. The van der Waals surface area contributed by atoms with Crippen LogP contribution in [0.5, 0.6) is 0 Å².